The van der Waals surface area contributed by atoms with E-state index in [2.05, 4.69) is 12.2 Å². The summed E-state index contributed by atoms with van der Waals surface area (Å²) in [7, 11) is 0. The Bertz CT molecular complexity index is 569. The lowest BCUT2D eigenvalue weighted by atomic mass is 9.98. The summed E-state index contributed by atoms with van der Waals surface area (Å²) in [6, 6.07) is 10.8. The smallest absolute Gasteiger partial charge is 0.141 e. The molecular formula is C16H16ClF2N. The molecule has 0 amide bonds. The number of benzene rings is 2. The Balaban J connectivity index is 2.35. The lowest BCUT2D eigenvalue weighted by Gasteiger charge is -2.20. The van der Waals surface area contributed by atoms with Gasteiger partial charge in [-0.2, -0.15) is 0 Å². The quantitative estimate of drug-likeness (QED) is 0.842. The molecule has 0 spiro atoms. The predicted molar refractivity (Wildman–Crippen MR) is 77.9 cm³/mol. The van der Waals surface area contributed by atoms with E-state index in [1.54, 1.807) is 24.3 Å². The molecule has 0 bridgehead atoms. The van der Waals surface area contributed by atoms with Crippen molar-refractivity contribution in [3.63, 3.8) is 0 Å². The van der Waals surface area contributed by atoms with Crippen LogP contribution in [0, 0.1) is 11.6 Å². The van der Waals surface area contributed by atoms with E-state index in [4.69, 9.17) is 11.6 Å². The van der Waals surface area contributed by atoms with Gasteiger partial charge < -0.3 is 5.32 Å². The zero-order valence-electron chi connectivity index (χ0n) is 11.2. The molecule has 2 aromatic carbocycles. The number of hydrogen-bond donors (Lipinski definition) is 1. The molecule has 0 radical (unpaired) electrons. The van der Waals surface area contributed by atoms with Gasteiger partial charge in [0.2, 0.25) is 0 Å². The summed E-state index contributed by atoms with van der Waals surface area (Å²) in [5.41, 5.74) is 1.78. The van der Waals surface area contributed by atoms with Crippen LogP contribution in [0.1, 0.15) is 30.5 Å². The maximum absolute atomic E-state index is 13.3. The van der Waals surface area contributed by atoms with Crippen LogP contribution in [0.2, 0.25) is 5.02 Å². The van der Waals surface area contributed by atoms with Gasteiger partial charge in [0.25, 0.3) is 0 Å². The van der Waals surface area contributed by atoms with Crippen LogP contribution in [0.25, 0.3) is 0 Å². The Kier molecular flexibility index (Phi) is 5.10. The van der Waals surface area contributed by atoms with Crippen LogP contribution in [0.4, 0.5) is 8.78 Å². The minimum absolute atomic E-state index is 0.0907. The van der Waals surface area contributed by atoms with Crippen LogP contribution in [0.15, 0.2) is 42.5 Å². The van der Waals surface area contributed by atoms with Crippen LogP contribution in [0.3, 0.4) is 0 Å². The van der Waals surface area contributed by atoms with Crippen molar-refractivity contribution in [3.8, 4) is 0 Å². The number of rotatable bonds is 5. The Labute approximate surface area is 122 Å². The third-order valence-corrected chi connectivity index (χ3v) is 3.37. The van der Waals surface area contributed by atoms with Crippen molar-refractivity contribution < 1.29 is 8.78 Å². The molecule has 0 saturated carbocycles. The molecule has 0 heterocycles. The maximum atomic E-state index is 13.3. The second-order valence-corrected chi connectivity index (χ2v) is 5.02. The minimum atomic E-state index is -0.441. The van der Waals surface area contributed by atoms with Crippen molar-refractivity contribution in [2.24, 2.45) is 0 Å². The van der Waals surface area contributed by atoms with Crippen molar-refractivity contribution in [1.29, 1.82) is 0 Å². The molecule has 0 aromatic heterocycles. The topological polar surface area (TPSA) is 12.0 Å². The first-order valence-corrected chi connectivity index (χ1v) is 6.93. The van der Waals surface area contributed by atoms with E-state index >= 15 is 0 Å². The SMILES string of the molecule is CCCNC(c1ccc(F)cc1)c1ccc(F)c(Cl)c1. The van der Waals surface area contributed by atoms with Crippen LogP contribution < -0.4 is 5.32 Å². The standard InChI is InChI=1S/C16H16ClF2N/c1-2-9-20-16(11-3-6-13(18)7-4-11)12-5-8-15(19)14(17)10-12/h3-8,10,16,20H,2,9H2,1H3. The third-order valence-electron chi connectivity index (χ3n) is 3.08. The van der Waals surface area contributed by atoms with Gasteiger partial charge in [-0.3, -0.25) is 0 Å². The molecule has 1 N–H and O–H groups in total. The van der Waals surface area contributed by atoms with Crippen molar-refractivity contribution >= 4 is 11.6 Å². The minimum Gasteiger partial charge on any atom is -0.306 e. The average molecular weight is 296 g/mol. The third kappa shape index (κ3) is 3.56. The second kappa shape index (κ2) is 6.82. The first-order chi connectivity index (χ1) is 9.61. The molecule has 0 aliphatic rings. The van der Waals surface area contributed by atoms with Crippen LogP contribution in [-0.4, -0.2) is 6.54 Å². The number of hydrogen-bond acceptors (Lipinski definition) is 1. The van der Waals surface area contributed by atoms with Crippen molar-refractivity contribution in [2.45, 2.75) is 19.4 Å². The average Bonchev–Trinajstić information content (AvgIpc) is 2.45. The van der Waals surface area contributed by atoms with Gasteiger partial charge in [0.15, 0.2) is 0 Å². The highest BCUT2D eigenvalue weighted by atomic mass is 35.5. The van der Waals surface area contributed by atoms with E-state index in [0.717, 1.165) is 24.1 Å². The molecule has 2 aromatic rings. The van der Waals surface area contributed by atoms with E-state index in [9.17, 15) is 8.78 Å². The number of nitrogens with one attached hydrogen (secondary N) is 1. The first kappa shape index (κ1) is 14.9. The zero-order valence-corrected chi connectivity index (χ0v) is 11.9. The molecule has 1 unspecified atom stereocenters. The van der Waals surface area contributed by atoms with E-state index < -0.39 is 5.82 Å². The molecule has 1 atom stereocenters. The molecule has 4 heteroatoms. The molecule has 0 saturated heterocycles. The first-order valence-electron chi connectivity index (χ1n) is 6.55. The van der Waals surface area contributed by atoms with Gasteiger partial charge in [-0.25, -0.2) is 8.78 Å². The van der Waals surface area contributed by atoms with Gasteiger partial charge in [-0.05, 0) is 48.4 Å². The molecule has 2 rings (SSSR count). The second-order valence-electron chi connectivity index (χ2n) is 4.61. The normalized spacial score (nSPS) is 12.4. The lowest BCUT2D eigenvalue weighted by Crippen LogP contribution is -2.23. The molecular weight excluding hydrogens is 280 g/mol. The van der Waals surface area contributed by atoms with Gasteiger partial charge in [0.05, 0.1) is 11.1 Å². The van der Waals surface area contributed by atoms with Gasteiger partial charge in [0, 0.05) is 0 Å². The Hall–Kier alpha value is -1.45. The van der Waals surface area contributed by atoms with Crippen molar-refractivity contribution in [3.05, 3.63) is 70.2 Å². The fourth-order valence-corrected chi connectivity index (χ4v) is 2.25. The van der Waals surface area contributed by atoms with E-state index in [1.807, 2.05) is 0 Å². The summed E-state index contributed by atoms with van der Waals surface area (Å²) in [5.74, 6) is -0.719. The van der Waals surface area contributed by atoms with Crippen molar-refractivity contribution in [1.82, 2.24) is 5.32 Å². The molecule has 0 fully saturated rings. The summed E-state index contributed by atoms with van der Waals surface area (Å²) in [6.07, 6.45) is 0.965. The highest BCUT2D eigenvalue weighted by Gasteiger charge is 2.14. The van der Waals surface area contributed by atoms with Gasteiger partial charge in [-0.1, -0.05) is 36.7 Å². The fourth-order valence-electron chi connectivity index (χ4n) is 2.06. The Morgan fingerprint density at radius 2 is 1.70 bits per heavy atom. The highest BCUT2D eigenvalue weighted by molar-refractivity contribution is 6.30. The summed E-state index contributed by atoms with van der Waals surface area (Å²) in [4.78, 5) is 0. The van der Waals surface area contributed by atoms with Crippen LogP contribution in [-0.2, 0) is 0 Å². The predicted octanol–water partition coefficient (Wildman–Crippen LogP) is 4.71. The largest absolute Gasteiger partial charge is 0.306 e. The summed E-state index contributed by atoms with van der Waals surface area (Å²) < 4.78 is 26.3. The Morgan fingerprint density at radius 3 is 2.30 bits per heavy atom. The number of halogens is 3. The van der Waals surface area contributed by atoms with Gasteiger partial charge in [0.1, 0.15) is 11.6 Å². The van der Waals surface area contributed by atoms with Crippen LogP contribution in [0.5, 0.6) is 0 Å². The van der Waals surface area contributed by atoms with E-state index in [1.165, 1.54) is 18.2 Å². The summed E-state index contributed by atoms with van der Waals surface area (Å²) in [5, 5.41) is 3.46. The molecule has 0 aliphatic heterocycles. The van der Waals surface area contributed by atoms with Crippen molar-refractivity contribution in [2.75, 3.05) is 6.54 Å². The summed E-state index contributed by atoms with van der Waals surface area (Å²) >= 11 is 5.84. The zero-order chi connectivity index (χ0) is 14.5. The monoisotopic (exact) mass is 295 g/mol. The van der Waals surface area contributed by atoms with Gasteiger partial charge >= 0.3 is 0 Å². The van der Waals surface area contributed by atoms with E-state index in [0.29, 0.717) is 0 Å². The Morgan fingerprint density at radius 1 is 1.05 bits per heavy atom. The fraction of sp³-hybridized carbons (Fsp3) is 0.250. The van der Waals surface area contributed by atoms with Gasteiger partial charge in [-0.15, -0.1) is 0 Å². The van der Waals surface area contributed by atoms with Crippen LogP contribution >= 0.6 is 11.6 Å². The van der Waals surface area contributed by atoms with E-state index in [-0.39, 0.29) is 16.9 Å². The lowest BCUT2D eigenvalue weighted by molar-refractivity contribution is 0.589. The summed E-state index contributed by atoms with van der Waals surface area (Å²) in [6.45, 7) is 2.86. The molecule has 106 valence electrons. The highest BCUT2D eigenvalue weighted by Crippen LogP contribution is 2.26. The molecule has 0 aliphatic carbocycles. The molecule has 1 nitrogen and oxygen atoms in total. The molecule has 20 heavy (non-hydrogen) atoms. The maximum Gasteiger partial charge on any atom is 0.141 e.